The van der Waals surface area contributed by atoms with Crippen LogP contribution in [-0.4, -0.2) is 32.2 Å². The summed E-state index contributed by atoms with van der Waals surface area (Å²) in [6, 6.07) is 7.62. The summed E-state index contributed by atoms with van der Waals surface area (Å²) in [5.74, 6) is 1.07. The molecule has 1 aromatic carbocycles. The third-order valence-electron chi connectivity index (χ3n) is 3.83. The highest BCUT2D eigenvalue weighted by Gasteiger charge is 2.13. The van der Waals surface area contributed by atoms with E-state index in [4.69, 9.17) is 0 Å². The van der Waals surface area contributed by atoms with E-state index in [2.05, 4.69) is 32.0 Å². The number of carbonyl (C=O) groups excluding carboxylic acids is 1. The monoisotopic (exact) mass is 309 g/mol. The number of nitrogens with zero attached hydrogens (tertiary/aromatic N) is 4. The van der Waals surface area contributed by atoms with E-state index in [1.165, 1.54) is 0 Å². The molecule has 1 amide bonds. The second-order valence-electron chi connectivity index (χ2n) is 5.72. The number of amides is 1. The molecule has 0 radical (unpaired) electrons. The second-order valence-corrected chi connectivity index (χ2v) is 5.72. The summed E-state index contributed by atoms with van der Waals surface area (Å²) in [5, 5.41) is 12.6. The quantitative estimate of drug-likeness (QED) is 0.784. The van der Waals surface area contributed by atoms with Crippen molar-refractivity contribution in [3.05, 3.63) is 54.4 Å². The molecule has 3 aromatic rings. The number of fused-ring (bicyclic) bond motifs is 1. The minimum Gasteiger partial charge on any atom is -0.350 e. The average Bonchev–Trinajstić information content (AvgIpc) is 2.97. The number of imidazole rings is 1. The van der Waals surface area contributed by atoms with Crippen LogP contribution >= 0.6 is 0 Å². The van der Waals surface area contributed by atoms with E-state index < -0.39 is 0 Å². The molecule has 1 N–H and O–H groups in total. The predicted octanol–water partition coefficient (Wildman–Crippen LogP) is 2.20. The topological polar surface area (TPSA) is 72.7 Å². The molecule has 3 rings (SSSR count). The van der Waals surface area contributed by atoms with Crippen LogP contribution in [0.25, 0.3) is 10.8 Å². The van der Waals surface area contributed by atoms with Gasteiger partial charge in [0, 0.05) is 36.3 Å². The van der Waals surface area contributed by atoms with Gasteiger partial charge in [0.05, 0.1) is 6.20 Å². The van der Waals surface area contributed by atoms with Crippen molar-refractivity contribution in [1.82, 2.24) is 25.1 Å². The SMILES string of the molecule is Cc1nccn1CC(C)CNC(=O)c1nncc2ccccc12. The van der Waals surface area contributed by atoms with Crippen molar-refractivity contribution in [2.24, 2.45) is 5.92 Å². The van der Waals surface area contributed by atoms with Crippen LogP contribution in [0.1, 0.15) is 23.2 Å². The van der Waals surface area contributed by atoms with Gasteiger partial charge in [-0.05, 0) is 12.8 Å². The molecule has 1 atom stereocenters. The lowest BCUT2D eigenvalue weighted by Crippen LogP contribution is -2.31. The van der Waals surface area contributed by atoms with Crippen LogP contribution in [0.3, 0.4) is 0 Å². The highest BCUT2D eigenvalue weighted by molar-refractivity contribution is 6.04. The van der Waals surface area contributed by atoms with E-state index in [0.29, 0.717) is 12.2 Å². The summed E-state index contributed by atoms with van der Waals surface area (Å²) < 4.78 is 2.08. The van der Waals surface area contributed by atoms with Crippen molar-refractivity contribution in [3.8, 4) is 0 Å². The standard InChI is InChI=1S/C17H19N5O/c1-12(11-22-8-7-18-13(22)2)9-19-17(23)16-15-6-4-3-5-14(15)10-20-21-16/h3-8,10,12H,9,11H2,1-2H3,(H,19,23). The van der Waals surface area contributed by atoms with Crippen molar-refractivity contribution in [2.45, 2.75) is 20.4 Å². The second kappa shape index (κ2) is 6.56. The highest BCUT2D eigenvalue weighted by Crippen LogP contribution is 2.15. The molecule has 0 saturated heterocycles. The summed E-state index contributed by atoms with van der Waals surface area (Å²) >= 11 is 0. The number of nitrogens with one attached hydrogen (secondary N) is 1. The first-order valence-corrected chi connectivity index (χ1v) is 7.61. The van der Waals surface area contributed by atoms with Crippen LogP contribution in [-0.2, 0) is 6.54 Å². The van der Waals surface area contributed by atoms with E-state index >= 15 is 0 Å². The Balaban J connectivity index is 1.66. The lowest BCUT2D eigenvalue weighted by Gasteiger charge is -2.14. The Labute approximate surface area is 134 Å². The highest BCUT2D eigenvalue weighted by atomic mass is 16.1. The van der Waals surface area contributed by atoms with Crippen LogP contribution in [0.5, 0.6) is 0 Å². The van der Waals surface area contributed by atoms with Crippen LogP contribution in [0, 0.1) is 12.8 Å². The zero-order valence-electron chi connectivity index (χ0n) is 13.2. The fraction of sp³-hybridized carbons (Fsp3) is 0.294. The number of aryl methyl sites for hydroxylation is 1. The Morgan fingerprint density at radius 3 is 2.96 bits per heavy atom. The van der Waals surface area contributed by atoms with Gasteiger partial charge < -0.3 is 9.88 Å². The molecule has 2 heterocycles. The number of carbonyl (C=O) groups is 1. The molecular formula is C17H19N5O. The van der Waals surface area contributed by atoms with Gasteiger partial charge in [0.1, 0.15) is 5.82 Å². The van der Waals surface area contributed by atoms with Gasteiger partial charge in [-0.15, -0.1) is 5.10 Å². The van der Waals surface area contributed by atoms with Crippen molar-refractivity contribution in [3.63, 3.8) is 0 Å². The van der Waals surface area contributed by atoms with Crippen LogP contribution in [0.2, 0.25) is 0 Å². The number of hydrogen-bond acceptors (Lipinski definition) is 4. The van der Waals surface area contributed by atoms with E-state index in [9.17, 15) is 4.79 Å². The van der Waals surface area contributed by atoms with Crippen molar-refractivity contribution < 1.29 is 4.79 Å². The fourth-order valence-corrected chi connectivity index (χ4v) is 2.54. The zero-order valence-corrected chi connectivity index (χ0v) is 13.2. The first kappa shape index (κ1) is 15.1. The molecule has 23 heavy (non-hydrogen) atoms. The minimum atomic E-state index is -0.191. The predicted molar refractivity (Wildman–Crippen MR) is 88.0 cm³/mol. The fourth-order valence-electron chi connectivity index (χ4n) is 2.54. The van der Waals surface area contributed by atoms with E-state index in [0.717, 1.165) is 23.1 Å². The molecule has 0 aliphatic heterocycles. The summed E-state index contributed by atoms with van der Waals surface area (Å²) in [7, 11) is 0. The number of rotatable bonds is 5. The molecule has 2 aromatic heterocycles. The van der Waals surface area contributed by atoms with Gasteiger partial charge in [-0.2, -0.15) is 5.10 Å². The van der Waals surface area contributed by atoms with Crippen LogP contribution < -0.4 is 5.32 Å². The summed E-state index contributed by atoms with van der Waals surface area (Å²) in [6.45, 7) is 5.44. The number of aromatic nitrogens is 4. The van der Waals surface area contributed by atoms with Crippen molar-refractivity contribution in [1.29, 1.82) is 0 Å². The third-order valence-corrected chi connectivity index (χ3v) is 3.83. The third kappa shape index (κ3) is 3.36. The first-order valence-electron chi connectivity index (χ1n) is 7.61. The zero-order chi connectivity index (χ0) is 16.2. The maximum absolute atomic E-state index is 12.4. The smallest absolute Gasteiger partial charge is 0.272 e. The number of benzene rings is 1. The van der Waals surface area contributed by atoms with Gasteiger partial charge in [-0.3, -0.25) is 4.79 Å². The van der Waals surface area contributed by atoms with Gasteiger partial charge in [0.25, 0.3) is 5.91 Å². The van der Waals surface area contributed by atoms with E-state index in [1.54, 1.807) is 12.4 Å². The number of hydrogen-bond donors (Lipinski definition) is 1. The average molecular weight is 309 g/mol. The molecular weight excluding hydrogens is 290 g/mol. The van der Waals surface area contributed by atoms with Gasteiger partial charge >= 0.3 is 0 Å². The molecule has 0 aliphatic rings. The van der Waals surface area contributed by atoms with Crippen molar-refractivity contribution in [2.75, 3.05) is 6.54 Å². The Kier molecular flexibility index (Phi) is 4.32. The van der Waals surface area contributed by atoms with Gasteiger partial charge in [0.2, 0.25) is 0 Å². The maximum Gasteiger partial charge on any atom is 0.272 e. The molecule has 6 heteroatoms. The molecule has 0 fully saturated rings. The van der Waals surface area contributed by atoms with Gasteiger partial charge in [0.15, 0.2) is 5.69 Å². The van der Waals surface area contributed by atoms with E-state index in [-0.39, 0.29) is 11.8 Å². The normalized spacial score (nSPS) is 12.3. The van der Waals surface area contributed by atoms with Gasteiger partial charge in [-0.25, -0.2) is 4.98 Å². The Morgan fingerprint density at radius 1 is 1.35 bits per heavy atom. The summed E-state index contributed by atoms with van der Waals surface area (Å²) in [5.41, 5.74) is 0.370. The molecule has 1 unspecified atom stereocenters. The molecule has 118 valence electrons. The molecule has 6 nitrogen and oxygen atoms in total. The molecule has 0 spiro atoms. The first-order chi connectivity index (χ1) is 11.1. The van der Waals surface area contributed by atoms with E-state index in [1.807, 2.05) is 37.4 Å². The molecule has 0 aliphatic carbocycles. The largest absolute Gasteiger partial charge is 0.350 e. The Hall–Kier alpha value is -2.76. The lowest BCUT2D eigenvalue weighted by atomic mass is 10.1. The molecule has 0 bridgehead atoms. The van der Waals surface area contributed by atoms with Crippen LogP contribution in [0.4, 0.5) is 0 Å². The summed E-state index contributed by atoms with van der Waals surface area (Å²) in [4.78, 5) is 16.6. The molecule has 0 saturated carbocycles. The van der Waals surface area contributed by atoms with Crippen molar-refractivity contribution >= 4 is 16.7 Å². The maximum atomic E-state index is 12.4. The summed E-state index contributed by atoms with van der Waals surface area (Å²) in [6.07, 6.45) is 5.40. The van der Waals surface area contributed by atoms with Crippen LogP contribution in [0.15, 0.2) is 42.9 Å². The van der Waals surface area contributed by atoms with Gasteiger partial charge in [-0.1, -0.05) is 31.2 Å². The minimum absolute atomic E-state index is 0.191. The lowest BCUT2D eigenvalue weighted by molar-refractivity contribution is 0.0942. The Morgan fingerprint density at radius 2 is 2.17 bits per heavy atom. The Bertz CT molecular complexity index is 821.